The molecule has 1 amide bonds. The number of esters is 2. The highest BCUT2D eigenvalue weighted by atomic mass is 32.1. The molecule has 0 spiro atoms. The fraction of sp³-hybridized carbons (Fsp3) is 0.200. The van der Waals surface area contributed by atoms with E-state index in [0.29, 0.717) is 10.2 Å². The monoisotopic (exact) mass is 488 g/mol. The Kier molecular flexibility index (Phi) is 7.11. The first-order valence-electron chi connectivity index (χ1n) is 9.54. The van der Waals surface area contributed by atoms with Crippen molar-refractivity contribution in [2.24, 2.45) is 4.99 Å². The maximum atomic E-state index is 12.8. The summed E-state index contributed by atoms with van der Waals surface area (Å²) in [5.74, 6) is -2.20. The number of hydrogen-bond donors (Lipinski definition) is 0. The summed E-state index contributed by atoms with van der Waals surface area (Å²) in [7, 11) is 1.22. The van der Waals surface area contributed by atoms with E-state index in [1.165, 1.54) is 23.8 Å². The van der Waals surface area contributed by atoms with E-state index in [2.05, 4.69) is 4.99 Å². The molecule has 176 valence electrons. The zero-order valence-electron chi connectivity index (χ0n) is 17.7. The van der Waals surface area contributed by atoms with Gasteiger partial charge in [0, 0.05) is 12.1 Å². The molecule has 13 nitrogen and oxygen atoms in total. The van der Waals surface area contributed by atoms with Gasteiger partial charge in [-0.05, 0) is 25.1 Å². The van der Waals surface area contributed by atoms with Crippen molar-refractivity contribution >= 4 is 50.8 Å². The second-order valence-corrected chi connectivity index (χ2v) is 7.63. The number of carbonyl (C=O) groups excluding carboxylic acids is 3. The van der Waals surface area contributed by atoms with Crippen molar-refractivity contribution in [1.82, 2.24) is 4.57 Å². The smallest absolute Gasteiger partial charge is 0.337 e. The minimum Gasteiger partial charge on any atom is -0.465 e. The fourth-order valence-electron chi connectivity index (χ4n) is 2.97. The number of non-ortho nitro benzene ring substituents is 2. The molecule has 0 aliphatic carbocycles. The van der Waals surface area contributed by atoms with Gasteiger partial charge >= 0.3 is 11.9 Å². The van der Waals surface area contributed by atoms with E-state index >= 15 is 0 Å². The quantitative estimate of drug-likeness (QED) is 0.275. The van der Waals surface area contributed by atoms with E-state index in [1.54, 1.807) is 13.0 Å². The summed E-state index contributed by atoms with van der Waals surface area (Å²) in [6, 6.07) is 6.98. The second-order valence-electron chi connectivity index (χ2n) is 6.62. The van der Waals surface area contributed by atoms with E-state index in [-0.39, 0.29) is 29.1 Å². The maximum absolute atomic E-state index is 12.8. The predicted molar refractivity (Wildman–Crippen MR) is 117 cm³/mol. The molecule has 0 atom stereocenters. The molecule has 3 aromatic rings. The number of rotatable bonds is 7. The van der Waals surface area contributed by atoms with Crippen LogP contribution in [0.5, 0.6) is 0 Å². The Labute approximate surface area is 194 Å². The van der Waals surface area contributed by atoms with Crippen molar-refractivity contribution < 1.29 is 33.7 Å². The van der Waals surface area contributed by atoms with Crippen molar-refractivity contribution in [3.8, 4) is 0 Å². The summed E-state index contributed by atoms with van der Waals surface area (Å²) in [6.07, 6.45) is 0. The van der Waals surface area contributed by atoms with Crippen LogP contribution in [0.1, 0.15) is 27.6 Å². The molecule has 0 saturated carbocycles. The lowest BCUT2D eigenvalue weighted by Gasteiger charge is -2.05. The third-order valence-electron chi connectivity index (χ3n) is 4.46. The number of nitrogens with zero attached hydrogens (tertiary/aromatic N) is 4. The molecule has 0 N–H and O–H groups in total. The van der Waals surface area contributed by atoms with Crippen LogP contribution in [-0.4, -0.2) is 46.0 Å². The predicted octanol–water partition coefficient (Wildman–Crippen LogP) is 2.61. The SMILES string of the molecule is CCOC(=O)Cn1c(=NC(=O)c2cc([N+](=O)[O-])cc([N+](=O)[O-])c2)sc2cc(C(=O)OC)ccc21. The van der Waals surface area contributed by atoms with Gasteiger partial charge in [0.25, 0.3) is 17.3 Å². The van der Waals surface area contributed by atoms with Crippen molar-refractivity contribution in [1.29, 1.82) is 0 Å². The number of amides is 1. The summed E-state index contributed by atoms with van der Waals surface area (Å²) in [5, 5.41) is 22.2. The summed E-state index contributed by atoms with van der Waals surface area (Å²) in [5.41, 5.74) is -0.984. The molecular weight excluding hydrogens is 472 g/mol. The number of nitro groups is 2. The van der Waals surface area contributed by atoms with Crippen molar-refractivity contribution in [3.05, 3.63) is 72.6 Å². The zero-order valence-corrected chi connectivity index (χ0v) is 18.6. The maximum Gasteiger partial charge on any atom is 0.337 e. The molecule has 1 heterocycles. The third-order valence-corrected chi connectivity index (χ3v) is 5.51. The summed E-state index contributed by atoms with van der Waals surface area (Å²) >= 11 is 0.962. The first kappa shape index (κ1) is 24.2. The Balaban J connectivity index is 2.18. The number of methoxy groups -OCH3 is 1. The molecule has 14 heteroatoms. The molecule has 34 heavy (non-hydrogen) atoms. The van der Waals surface area contributed by atoms with E-state index in [0.717, 1.165) is 29.5 Å². The van der Waals surface area contributed by atoms with Crippen LogP contribution in [0.4, 0.5) is 11.4 Å². The minimum atomic E-state index is -0.996. The van der Waals surface area contributed by atoms with Crippen LogP contribution in [-0.2, 0) is 20.8 Å². The number of thiazole rings is 1. The van der Waals surface area contributed by atoms with Crippen molar-refractivity contribution in [2.75, 3.05) is 13.7 Å². The normalized spacial score (nSPS) is 11.3. The second kappa shape index (κ2) is 9.99. The Morgan fingerprint density at radius 2 is 1.68 bits per heavy atom. The van der Waals surface area contributed by atoms with Gasteiger partial charge in [-0.2, -0.15) is 4.99 Å². The molecule has 0 radical (unpaired) electrons. The summed E-state index contributed by atoms with van der Waals surface area (Å²) in [4.78, 5) is 61.3. The van der Waals surface area contributed by atoms with Crippen LogP contribution in [0.3, 0.4) is 0 Å². The molecule has 1 aromatic heterocycles. The fourth-order valence-corrected chi connectivity index (χ4v) is 4.04. The van der Waals surface area contributed by atoms with E-state index in [4.69, 9.17) is 9.47 Å². The average molecular weight is 488 g/mol. The summed E-state index contributed by atoms with van der Waals surface area (Å²) < 4.78 is 11.5. The number of ether oxygens (including phenoxy) is 2. The topological polar surface area (TPSA) is 173 Å². The van der Waals surface area contributed by atoms with Crippen LogP contribution in [0, 0.1) is 20.2 Å². The van der Waals surface area contributed by atoms with Crippen LogP contribution >= 0.6 is 11.3 Å². The van der Waals surface area contributed by atoms with Crippen LogP contribution in [0.2, 0.25) is 0 Å². The van der Waals surface area contributed by atoms with Crippen LogP contribution in [0.25, 0.3) is 10.2 Å². The Morgan fingerprint density at radius 1 is 1.03 bits per heavy atom. The van der Waals surface area contributed by atoms with Gasteiger partial charge in [-0.3, -0.25) is 29.8 Å². The number of nitro benzene ring substituents is 2. The number of fused-ring (bicyclic) bond motifs is 1. The highest BCUT2D eigenvalue weighted by Gasteiger charge is 2.21. The van der Waals surface area contributed by atoms with Gasteiger partial charge in [0.05, 0.1) is 51.0 Å². The van der Waals surface area contributed by atoms with E-state index in [1.807, 2.05) is 0 Å². The van der Waals surface area contributed by atoms with E-state index in [9.17, 15) is 34.6 Å². The zero-order chi connectivity index (χ0) is 25.0. The van der Waals surface area contributed by atoms with Crippen molar-refractivity contribution in [2.45, 2.75) is 13.5 Å². The van der Waals surface area contributed by atoms with E-state index < -0.39 is 39.1 Å². The Bertz CT molecular complexity index is 1370. The highest BCUT2D eigenvalue weighted by Crippen LogP contribution is 2.24. The van der Waals surface area contributed by atoms with Crippen LogP contribution < -0.4 is 4.80 Å². The van der Waals surface area contributed by atoms with Gasteiger partial charge in [-0.15, -0.1) is 0 Å². The summed E-state index contributed by atoms with van der Waals surface area (Å²) in [6.45, 7) is 1.43. The molecule has 0 saturated heterocycles. The Hall–Kier alpha value is -4.46. The molecule has 2 aromatic carbocycles. The first-order valence-corrected chi connectivity index (χ1v) is 10.4. The highest BCUT2D eigenvalue weighted by molar-refractivity contribution is 7.16. The largest absolute Gasteiger partial charge is 0.465 e. The molecule has 3 rings (SSSR count). The van der Waals surface area contributed by atoms with Gasteiger partial charge < -0.3 is 14.0 Å². The standard InChI is InChI=1S/C20H16N4O9S/c1-3-33-17(25)10-22-15-5-4-11(19(27)32-2)8-16(15)34-20(22)21-18(26)12-6-13(23(28)29)9-14(7-12)24(30)31/h4-9H,3,10H2,1-2H3. The van der Waals surface area contributed by atoms with Crippen molar-refractivity contribution in [3.63, 3.8) is 0 Å². The molecule has 0 fully saturated rings. The minimum absolute atomic E-state index is 0.0178. The number of benzene rings is 2. The number of aromatic nitrogens is 1. The lowest BCUT2D eigenvalue weighted by Crippen LogP contribution is -2.23. The Morgan fingerprint density at radius 3 is 2.24 bits per heavy atom. The van der Waals surface area contributed by atoms with Gasteiger partial charge in [-0.25, -0.2) is 4.79 Å². The average Bonchev–Trinajstić information content (AvgIpc) is 3.13. The molecule has 0 unspecified atom stereocenters. The molecule has 0 aliphatic rings. The number of carbonyl (C=O) groups is 3. The lowest BCUT2D eigenvalue weighted by molar-refractivity contribution is -0.394. The third kappa shape index (κ3) is 5.12. The van der Waals surface area contributed by atoms with Gasteiger partial charge in [0.1, 0.15) is 6.54 Å². The lowest BCUT2D eigenvalue weighted by atomic mass is 10.1. The first-order chi connectivity index (χ1) is 16.1. The number of hydrogen-bond acceptors (Lipinski definition) is 10. The van der Waals surface area contributed by atoms with Gasteiger partial charge in [-0.1, -0.05) is 11.3 Å². The molecular formula is C20H16N4O9S. The van der Waals surface area contributed by atoms with Crippen LogP contribution in [0.15, 0.2) is 41.4 Å². The molecule has 0 bridgehead atoms. The molecule has 0 aliphatic heterocycles. The van der Waals surface area contributed by atoms with Gasteiger partial charge in [0.2, 0.25) is 0 Å². The van der Waals surface area contributed by atoms with Gasteiger partial charge in [0.15, 0.2) is 4.80 Å².